The summed E-state index contributed by atoms with van der Waals surface area (Å²) in [5, 5.41) is 3.21. The van der Waals surface area contributed by atoms with Gasteiger partial charge in [-0.3, -0.25) is 0 Å². The molecule has 2 rings (SSSR count). The molecule has 0 saturated carbocycles. The molecule has 1 aliphatic rings. The minimum Gasteiger partial charge on any atom is -0.383 e. The van der Waals surface area contributed by atoms with Crippen molar-refractivity contribution < 1.29 is 8.42 Å². The zero-order chi connectivity index (χ0) is 14.0. The molecule has 0 radical (unpaired) electrons. The normalized spacial score (nSPS) is 22.1. The van der Waals surface area contributed by atoms with Crippen molar-refractivity contribution in [1.82, 2.24) is 9.97 Å². The molecule has 0 amide bonds. The number of aryl methyl sites for hydroxylation is 1. The number of sulfone groups is 1. The van der Waals surface area contributed by atoms with Crippen LogP contribution in [0.15, 0.2) is 0 Å². The van der Waals surface area contributed by atoms with E-state index in [4.69, 9.17) is 5.73 Å². The van der Waals surface area contributed by atoms with Gasteiger partial charge in [-0.1, -0.05) is 6.92 Å². The van der Waals surface area contributed by atoms with Gasteiger partial charge in [0.2, 0.25) is 0 Å². The van der Waals surface area contributed by atoms with Crippen LogP contribution in [0.4, 0.5) is 11.6 Å². The summed E-state index contributed by atoms with van der Waals surface area (Å²) < 4.78 is 23.3. The first-order chi connectivity index (χ1) is 8.91. The van der Waals surface area contributed by atoms with Crippen molar-refractivity contribution in [2.24, 2.45) is 0 Å². The third-order valence-corrected chi connectivity index (χ3v) is 5.17. The van der Waals surface area contributed by atoms with Gasteiger partial charge >= 0.3 is 0 Å². The fourth-order valence-corrected chi connectivity index (χ4v) is 3.85. The molecule has 2 heterocycles. The lowest BCUT2D eigenvalue weighted by Gasteiger charge is -2.24. The molecule has 3 N–H and O–H groups in total. The molecule has 6 nitrogen and oxygen atoms in total. The van der Waals surface area contributed by atoms with Gasteiger partial charge in [-0.25, -0.2) is 18.4 Å². The van der Waals surface area contributed by atoms with Gasteiger partial charge < -0.3 is 11.1 Å². The maximum Gasteiger partial charge on any atom is 0.152 e. The third kappa shape index (κ3) is 3.34. The Morgan fingerprint density at radius 2 is 2.16 bits per heavy atom. The summed E-state index contributed by atoms with van der Waals surface area (Å²) in [4.78, 5) is 8.58. The van der Waals surface area contributed by atoms with Gasteiger partial charge in [-0.2, -0.15) is 0 Å². The molecule has 1 atom stereocenters. The van der Waals surface area contributed by atoms with Gasteiger partial charge in [0.1, 0.15) is 17.5 Å². The van der Waals surface area contributed by atoms with E-state index in [1.54, 1.807) is 0 Å². The number of nitrogens with one attached hydrogen (secondary N) is 1. The Morgan fingerprint density at radius 1 is 1.42 bits per heavy atom. The lowest BCUT2D eigenvalue weighted by atomic mass is 10.2. The second-order valence-corrected chi connectivity index (χ2v) is 7.18. The lowest BCUT2D eigenvalue weighted by molar-refractivity contribution is 0.561. The molecule has 0 aliphatic carbocycles. The fourth-order valence-electron chi connectivity index (χ4n) is 2.21. The Hall–Kier alpha value is -1.37. The summed E-state index contributed by atoms with van der Waals surface area (Å²) in [5.74, 6) is 2.23. The Kier molecular flexibility index (Phi) is 3.93. The van der Waals surface area contributed by atoms with Crippen LogP contribution in [0, 0.1) is 6.92 Å². The standard InChI is InChI=1S/C12H20N4O2S/c1-3-10-15-11(13)8(2)12(16-10)14-9-5-4-6-19(17,18)7-9/h9H,3-7H2,1-2H3,(H3,13,14,15,16). The van der Waals surface area contributed by atoms with Gasteiger partial charge in [-0.15, -0.1) is 0 Å². The van der Waals surface area contributed by atoms with Crippen molar-refractivity contribution in [3.8, 4) is 0 Å². The first-order valence-corrected chi connectivity index (χ1v) is 8.33. The molecule has 1 aromatic heterocycles. The van der Waals surface area contributed by atoms with E-state index in [1.807, 2.05) is 13.8 Å². The van der Waals surface area contributed by atoms with Crippen molar-refractivity contribution >= 4 is 21.5 Å². The number of hydrogen-bond donors (Lipinski definition) is 2. The highest BCUT2D eigenvalue weighted by Gasteiger charge is 2.25. The van der Waals surface area contributed by atoms with E-state index in [1.165, 1.54) is 0 Å². The molecule has 1 unspecified atom stereocenters. The number of rotatable bonds is 3. The van der Waals surface area contributed by atoms with Gasteiger partial charge in [-0.05, 0) is 19.8 Å². The number of nitrogen functional groups attached to an aromatic ring is 1. The van der Waals surface area contributed by atoms with Crippen LogP contribution >= 0.6 is 0 Å². The molecule has 0 aromatic carbocycles. The number of nitrogens with zero attached hydrogens (tertiary/aromatic N) is 2. The highest BCUT2D eigenvalue weighted by molar-refractivity contribution is 7.91. The van der Waals surface area contributed by atoms with E-state index >= 15 is 0 Å². The minimum atomic E-state index is -2.93. The van der Waals surface area contributed by atoms with E-state index in [0.717, 1.165) is 12.0 Å². The van der Waals surface area contributed by atoms with Gasteiger partial charge in [0.05, 0.1) is 11.5 Å². The van der Waals surface area contributed by atoms with E-state index < -0.39 is 9.84 Å². The second kappa shape index (κ2) is 5.32. The Balaban J connectivity index is 2.21. The number of nitrogens with two attached hydrogens (primary N) is 1. The number of aromatic nitrogens is 2. The van der Waals surface area contributed by atoms with Crippen LogP contribution in [0.2, 0.25) is 0 Å². The van der Waals surface area contributed by atoms with Gasteiger partial charge in [0, 0.05) is 18.0 Å². The predicted molar refractivity (Wildman–Crippen MR) is 75.9 cm³/mol. The van der Waals surface area contributed by atoms with Gasteiger partial charge in [0.15, 0.2) is 9.84 Å². The van der Waals surface area contributed by atoms with Crippen molar-refractivity contribution in [3.63, 3.8) is 0 Å². The van der Waals surface area contributed by atoms with Crippen LogP contribution in [-0.2, 0) is 16.3 Å². The lowest BCUT2D eigenvalue weighted by Crippen LogP contribution is -2.35. The van der Waals surface area contributed by atoms with Crippen LogP contribution in [-0.4, -0.2) is 35.9 Å². The summed E-state index contributed by atoms with van der Waals surface area (Å²) in [5.41, 5.74) is 6.62. The summed E-state index contributed by atoms with van der Waals surface area (Å²) in [6.45, 7) is 3.80. The molecule has 7 heteroatoms. The molecular formula is C12H20N4O2S. The molecule has 1 aliphatic heterocycles. The molecule has 0 spiro atoms. The maximum atomic E-state index is 11.6. The van der Waals surface area contributed by atoms with Crippen LogP contribution in [0.25, 0.3) is 0 Å². The van der Waals surface area contributed by atoms with Crippen molar-refractivity contribution in [3.05, 3.63) is 11.4 Å². The Bertz CT molecular complexity index is 571. The topological polar surface area (TPSA) is 98.0 Å². The van der Waals surface area contributed by atoms with Crippen molar-refractivity contribution in [2.75, 3.05) is 22.6 Å². The quantitative estimate of drug-likeness (QED) is 0.856. The average molecular weight is 284 g/mol. The maximum absolute atomic E-state index is 11.6. The fraction of sp³-hybridized carbons (Fsp3) is 0.667. The van der Waals surface area contributed by atoms with Gasteiger partial charge in [0.25, 0.3) is 0 Å². The van der Waals surface area contributed by atoms with Crippen LogP contribution < -0.4 is 11.1 Å². The van der Waals surface area contributed by atoms with Crippen molar-refractivity contribution in [1.29, 1.82) is 0 Å². The molecule has 19 heavy (non-hydrogen) atoms. The summed E-state index contributed by atoms with van der Waals surface area (Å²) in [6.07, 6.45) is 2.23. The first-order valence-electron chi connectivity index (χ1n) is 6.51. The summed E-state index contributed by atoms with van der Waals surface area (Å²) in [6, 6.07) is -0.0866. The zero-order valence-electron chi connectivity index (χ0n) is 11.3. The first kappa shape index (κ1) is 14.0. The van der Waals surface area contributed by atoms with E-state index in [0.29, 0.717) is 30.3 Å². The van der Waals surface area contributed by atoms with Crippen LogP contribution in [0.3, 0.4) is 0 Å². The Morgan fingerprint density at radius 3 is 2.79 bits per heavy atom. The smallest absolute Gasteiger partial charge is 0.152 e. The molecule has 1 fully saturated rings. The Labute approximate surface area is 113 Å². The van der Waals surface area contributed by atoms with Crippen LogP contribution in [0.5, 0.6) is 0 Å². The number of anilines is 2. The highest BCUT2D eigenvalue weighted by Crippen LogP contribution is 2.21. The second-order valence-electron chi connectivity index (χ2n) is 4.95. The largest absolute Gasteiger partial charge is 0.383 e. The third-order valence-electron chi connectivity index (χ3n) is 3.35. The zero-order valence-corrected chi connectivity index (χ0v) is 12.1. The molecule has 1 saturated heterocycles. The number of hydrogen-bond acceptors (Lipinski definition) is 6. The highest BCUT2D eigenvalue weighted by atomic mass is 32.2. The SMILES string of the molecule is CCc1nc(N)c(C)c(NC2CCCS(=O)(=O)C2)n1. The molecule has 0 bridgehead atoms. The minimum absolute atomic E-state index is 0.0866. The average Bonchev–Trinajstić information content (AvgIpc) is 2.33. The van der Waals surface area contributed by atoms with Crippen LogP contribution in [0.1, 0.15) is 31.2 Å². The monoisotopic (exact) mass is 284 g/mol. The molecular weight excluding hydrogens is 264 g/mol. The predicted octanol–water partition coefficient (Wildman–Crippen LogP) is 0.919. The van der Waals surface area contributed by atoms with E-state index in [9.17, 15) is 8.42 Å². The van der Waals surface area contributed by atoms with Crippen molar-refractivity contribution in [2.45, 2.75) is 39.2 Å². The van der Waals surface area contributed by atoms with E-state index in [2.05, 4.69) is 15.3 Å². The molecule has 106 valence electrons. The summed E-state index contributed by atoms with van der Waals surface area (Å²) >= 11 is 0. The molecule has 1 aromatic rings. The van der Waals surface area contributed by atoms with E-state index in [-0.39, 0.29) is 17.5 Å². The summed E-state index contributed by atoms with van der Waals surface area (Å²) in [7, 11) is -2.93.